The zero-order valence-corrected chi connectivity index (χ0v) is 44.3. The van der Waals surface area contributed by atoms with Gasteiger partial charge in [0.15, 0.2) is 0 Å². The minimum atomic E-state index is -5.70. The SMILES string of the molecule is CCCCCCCCCCCOc1ccc(-c2ccc(C3=C[C@@]4(C)C(S3)C3=C(C5SC(c6ccc(-c7ccc(OCCCCCCCCCCC)cc7)c(F)c6)=C[C@@]54C)C(F)(F)C(F)(F)C3(F)F)cc2F)cc1. The molecule has 2 nitrogen and oxygen atoms in total. The maximum absolute atomic E-state index is 16.2. The molecule has 8 rings (SSSR count). The highest BCUT2D eigenvalue weighted by Crippen LogP contribution is 2.77. The van der Waals surface area contributed by atoms with Gasteiger partial charge >= 0.3 is 17.8 Å². The van der Waals surface area contributed by atoms with Crippen LogP contribution in [0.1, 0.15) is 154 Å². The number of hydrogen-bond acceptors (Lipinski definition) is 4. The maximum atomic E-state index is 16.2. The summed E-state index contributed by atoms with van der Waals surface area (Å²) >= 11 is 1.56. The van der Waals surface area contributed by atoms with Crippen molar-refractivity contribution in [3.8, 4) is 33.8 Å². The Morgan fingerprint density at radius 1 is 0.425 bits per heavy atom. The number of thioether (sulfide) groups is 2. The summed E-state index contributed by atoms with van der Waals surface area (Å²) in [4.78, 5) is 0.617. The monoisotopic (exact) mass is 1050 g/mol. The predicted octanol–water partition coefficient (Wildman–Crippen LogP) is 20.0. The van der Waals surface area contributed by atoms with Crippen molar-refractivity contribution in [1.29, 1.82) is 0 Å². The molecule has 4 aromatic rings. The van der Waals surface area contributed by atoms with Gasteiger partial charge in [0, 0.05) is 53.4 Å². The highest BCUT2D eigenvalue weighted by Gasteiger charge is 2.85. The maximum Gasteiger partial charge on any atom is 0.380 e. The predicted molar refractivity (Wildman–Crippen MR) is 286 cm³/mol. The fraction of sp³-hybridized carbons (Fsp3) is 0.508. The van der Waals surface area contributed by atoms with Crippen LogP contribution in [-0.4, -0.2) is 41.5 Å². The van der Waals surface area contributed by atoms with E-state index >= 15 is 35.1 Å². The number of ether oxygens (including phenoxy) is 2. The molecule has 0 N–H and O–H groups in total. The quantitative estimate of drug-likeness (QED) is 0.0354. The molecule has 0 bridgehead atoms. The van der Waals surface area contributed by atoms with Crippen molar-refractivity contribution in [2.45, 2.75) is 172 Å². The molecule has 394 valence electrons. The van der Waals surface area contributed by atoms with E-state index in [0.29, 0.717) is 56.8 Å². The average molecular weight is 1050 g/mol. The molecule has 4 aliphatic rings. The van der Waals surface area contributed by atoms with Crippen LogP contribution in [0.15, 0.2) is 108 Å². The Morgan fingerprint density at radius 3 is 1.07 bits per heavy atom. The van der Waals surface area contributed by atoms with E-state index in [-0.39, 0.29) is 11.1 Å². The molecule has 4 aromatic carbocycles. The van der Waals surface area contributed by atoms with Crippen LogP contribution in [0.5, 0.6) is 11.5 Å². The minimum Gasteiger partial charge on any atom is -0.494 e. The van der Waals surface area contributed by atoms with E-state index < -0.39 is 61.9 Å². The first-order valence-corrected chi connectivity index (χ1v) is 28.5. The lowest BCUT2D eigenvalue weighted by molar-refractivity contribution is -0.265. The highest BCUT2D eigenvalue weighted by molar-refractivity contribution is 8.10. The Balaban J connectivity index is 0.972. The van der Waals surface area contributed by atoms with E-state index in [0.717, 1.165) is 49.2 Å². The molecule has 2 heterocycles. The van der Waals surface area contributed by atoms with Gasteiger partial charge < -0.3 is 9.47 Å². The van der Waals surface area contributed by atoms with Gasteiger partial charge in [-0.05, 0) is 71.5 Å². The fourth-order valence-corrected chi connectivity index (χ4v) is 14.7. The number of alkyl halides is 6. The summed E-state index contributed by atoms with van der Waals surface area (Å²) in [7, 11) is 0. The number of halogens is 8. The van der Waals surface area contributed by atoms with Crippen LogP contribution in [0.4, 0.5) is 35.1 Å². The van der Waals surface area contributed by atoms with Gasteiger partial charge in [0.25, 0.3) is 0 Å². The molecule has 2 unspecified atom stereocenters. The van der Waals surface area contributed by atoms with E-state index in [1.807, 2.05) is 0 Å². The van der Waals surface area contributed by atoms with Crippen molar-refractivity contribution in [2.75, 3.05) is 13.2 Å². The summed E-state index contributed by atoms with van der Waals surface area (Å²) in [5.74, 6) is -15.9. The first-order valence-electron chi connectivity index (χ1n) is 26.7. The second-order valence-electron chi connectivity index (χ2n) is 20.9. The van der Waals surface area contributed by atoms with Crippen LogP contribution in [-0.2, 0) is 0 Å². The van der Waals surface area contributed by atoms with Gasteiger partial charge in [0.05, 0.1) is 13.2 Å². The van der Waals surface area contributed by atoms with E-state index in [1.54, 1.807) is 98.8 Å². The highest BCUT2D eigenvalue weighted by atomic mass is 32.2. The Bertz CT molecular complexity index is 2450. The molecule has 4 atom stereocenters. The van der Waals surface area contributed by atoms with Crippen LogP contribution < -0.4 is 9.47 Å². The number of unbranched alkanes of at least 4 members (excludes halogenated alkanes) is 16. The molecular formula is C61H70F8O2S2. The smallest absolute Gasteiger partial charge is 0.380 e. The summed E-state index contributed by atoms with van der Waals surface area (Å²) in [6.45, 7) is 8.84. The minimum absolute atomic E-state index is 0.281. The van der Waals surface area contributed by atoms with Crippen molar-refractivity contribution in [3.05, 3.63) is 131 Å². The second-order valence-corrected chi connectivity index (χ2v) is 23.2. The summed E-state index contributed by atoms with van der Waals surface area (Å²) in [6.07, 6.45) is 25.0. The molecular weight excluding hydrogens is 981 g/mol. The van der Waals surface area contributed by atoms with Crippen LogP contribution in [0, 0.1) is 22.5 Å². The lowest BCUT2D eigenvalue weighted by Gasteiger charge is -2.51. The van der Waals surface area contributed by atoms with Gasteiger partial charge in [-0.2, -0.15) is 26.3 Å². The zero-order valence-electron chi connectivity index (χ0n) is 42.7. The third kappa shape index (κ3) is 11.1. The van der Waals surface area contributed by atoms with Crippen molar-refractivity contribution >= 4 is 33.3 Å². The molecule has 0 saturated carbocycles. The van der Waals surface area contributed by atoms with E-state index in [1.165, 1.54) is 102 Å². The van der Waals surface area contributed by atoms with Gasteiger partial charge in [-0.1, -0.05) is 191 Å². The van der Waals surface area contributed by atoms with Crippen molar-refractivity contribution in [2.24, 2.45) is 10.8 Å². The van der Waals surface area contributed by atoms with Gasteiger partial charge in [-0.3, -0.25) is 0 Å². The third-order valence-electron chi connectivity index (χ3n) is 15.8. The topological polar surface area (TPSA) is 18.5 Å². The summed E-state index contributed by atoms with van der Waals surface area (Å²) in [5, 5.41) is -3.10. The lowest BCUT2D eigenvalue weighted by Crippen LogP contribution is -2.53. The Kier molecular flexibility index (Phi) is 17.6. The number of fused-ring (bicyclic) bond motifs is 5. The first-order chi connectivity index (χ1) is 35.0. The average Bonchev–Trinajstić information content (AvgIpc) is 3.96. The summed E-state index contributed by atoms with van der Waals surface area (Å²) in [5.41, 5.74) is -3.13. The van der Waals surface area contributed by atoms with Crippen molar-refractivity contribution in [3.63, 3.8) is 0 Å². The molecule has 0 saturated heterocycles. The normalized spacial score (nSPS) is 23.2. The Labute approximate surface area is 436 Å². The standard InChI is InChI=1S/C61H70F8O2S2/c1-5-7-9-11-13-15-17-19-21-35-70-45-29-23-41(24-30-45)47-33-27-43(37-49(47)62)51-39-57(3)55(72-51)53-54(60(66,67)61(68,69)59(53,64)65)56-58(57,4)40-52(73-56)44-28-34-48(50(63)38-44)42-25-31-46(32-26-42)71-36-22-20-18-16-14-12-10-8-6-2/h23-34,37-40,55-56H,5-22,35-36H2,1-4H3/t55?,56?,57-,58-/m0/s1. The van der Waals surface area contributed by atoms with Crippen LogP contribution in [0.3, 0.4) is 0 Å². The molecule has 2 aliphatic heterocycles. The molecule has 12 heteroatoms. The molecule has 0 spiro atoms. The fourth-order valence-electron chi connectivity index (χ4n) is 11.1. The summed E-state index contributed by atoms with van der Waals surface area (Å²) < 4.78 is 140. The second kappa shape index (κ2) is 23.4. The van der Waals surface area contributed by atoms with E-state index in [4.69, 9.17) is 9.47 Å². The van der Waals surface area contributed by atoms with Crippen molar-refractivity contribution < 1.29 is 44.6 Å². The van der Waals surface area contributed by atoms with Gasteiger partial charge in [-0.25, -0.2) is 8.78 Å². The molecule has 0 amide bonds. The van der Waals surface area contributed by atoms with Crippen LogP contribution in [0.25, 0.3) is 32.1 Å². The molecule has 0 radical (unpaired) electrons. The Hall–Kier alpha value is -4.16. The largest absolute Gasteiger partial charge is 0.494 e. The van der Waals surface area contributed by atoms with E-state index in [2.05, 4.69) is 13.8 Å². The summed E-state index contributed by atoms with van der Waals surface area (Å²) in [6, 6.07) is 23.1. The van der Waals surface area contributed by atoms with Crippen molar-refractivity contribution in [1.82, 2.24) is 0 Å². The molecule has 0 fully saturated rings. The molecule has 2 aliphatic carbocycles. The Morgan fingerprint density at radius 2 is 0.740 bits per heavy atom. The van der Waals surface area contributed by atoms with Gasteiger partial charge in [0.1, 0.15) is 23.1 Å². The van der Waals surface area contributed by atoms with Gasteiger partial charge in [0.2, 0.25) is 0 Å². The molecule has 0 aromatic heterocycles. The number of hydrogen-bond donors (Lipinski definition) is 0. The number of benzene rings is 4. The zero-order chi connectivity index (χ0) is 52.0. The first kappa shape index (κ1) is 55.1. The van der Waals surface area contributed by atoms with Crippen LogP contribution >= 0.6 is 23.5 Å². The third-order valence-corrected chi connectivity index (χ3v) is 18.9. The van der Waals surface area contributed by atoms with E-state index in [9.17, 15) is 0 Å². The lowest BCUT2D eigenvalue weighted by atomic mass is 9.55. The number of rotatable bonds is 26. The van der Waals surface area contributed by atoms with Crippen LogP contribution in [0.2, 0.25) is 0 Å². The van der Waals surface area contributed by atoms with Gasteiger partial charge in [-0.15, -0.1) is 23.5 Å². The molecule has 73 heavy (non-hydrogen) atoms. The number of allylic oxidation sites excluding steroid dienone is 2.